The molecule has 1 atom stereocenters. The molecule has 0 radical (unpaired) electrons. The average molecular weight is 224 g/mol. The van der Waals surface area contributed by atoms with Gasteiger partial charge in [0.2, 0.25) is 0 Å². The number of nitrogens with two attached hydrogens (primary N) is 1. The van der Waals surface area contributed by atoms with Gasteiger partial charge in [-0.2, -0.15) is 0 Å². The maximum absolute atomic E-state index is 11.6. The standard InChI is InChI=1S/C11H20N4O/c1-9(5-6-12)3-4-11(16)7-10-8-15(2)14-13-10/h8-9H,3-7,12H2,1-2H3. The fourth-order valence-electron chi connectivity index (χ4n) is 1.60. The molecule has 0 aliphatic heterocycles. The van der Waals surface area contributed by atoms with Gasteiger partial charge >= 0.3 is 0 Å². The van der Waals surface area contributed by atoms with E-state index in [9.17, 15) is 4.79 Å². The maximum Gasteiger partial charge on any atom is 0.138 e. The molecule has 0 saturated carbocycles. The lowest BCUT2D eigenvalue weighted by Crippen LogP contribution is -2.09. The second-order valence-electron chi connectivity index (χ2n) is 4.32. The Balaban J connectivity index is 2.26. The highest BCUT2D eigenvalue weighted by Crippen LogP contribution is 2.10. The van der Waals surface area contributed by atoms with Crippen LogP contribution in [-0.4, -0.2) is 27.3 Å². The molecule has 0 aliphatic carbocycles. The molecule has 90 valence electrons. The molecule has 2 N–H and O–H groups in total. The summed E-state index contributed by atoms with van der Waals surface area (Å²) in [6, 6.07) is 0. The van der Waals surface area contributed by atoms with Crippen molar-refractivity contribution in [3.63, 3.8) is 0 Å². The zero-order valence-corrected chi connectivity index (χ0v) is 10.0. The van der Waals surface area contributed by atoms with E-state index in [1.165, 1.54) is 0 Å². The van der Waals surface area contributed by atoms with Crippen LogP contribution in [0.2, 0.25) is 0 Å². The maximum atomic E-state index is 11.6. The molecule has 1 aromatic heterocycles. The normalized spacial score (nSPS) is 12.7. The van der Waals surface area contributed by atoms with Gasteiger partial charge < -0.3 is 5.73 Å². The Hall–Kier alpha value is -1.23. The number of hydrogen-bond donors (Lipinski definition) is 1. The van der Waals surface area contributed by atoms with Crippen LogP contribution in [0.15, 0.2) is 6.20 Å². The summed E-state index contributed by atoms with van der Waals surface area (Å²) < 4.78 is 1.61. The van der Waals surface area contributed by atoms with Crippen molar-refractivity contribution in [2.24, 2.45) is 18.7 Å². The second kappa shape index (κ2) is 6.37. The highest BCUT2D eigenvalue weighted by molar-refractivity contribution is 5.80. The van der Waals surface area contributed by atoms with E-state index in [4.69, 9.17) is 5.73 Å². The van der Waals surface area contributed by atoms with E-state index in [0.717, 1.165) is 18.5 Å². The number of rotatable bonds is 7. The molecule has 1 heterocycles. The van der Waals surface area contributed by atoms with Crippen molar-refractivity contribution in [2.45, 2.75) is 32.6 Å². The van der Waals surface area contributed by atoms with Crippen molar-refractivity contribution in [3.8, 4) is 0 Å². The monoisotopic (exact) mass is 224 g/mol. The third-order valence-electron chi connectivity index (χ3n) is 2.60. The minimum Gasteiger partial charge on any atom is -0.330 e. The summed E-state index contributed by atoms with van der Waals surface area (Å²) in [5, 5.41) is 7.68. The van der Waals surface area contributed by atoms with Crippen LogP contribution in [0.4, 0.5) is 0 Å². The lowest BCUT2D eigenvalue weighted by molar-refractivity contribution is -0.118. The van der Waals surface area contributed by atoms with Crippen LogP contribution >= 0.6 is 0 Å². The Morgan fingerprint density at radius 1 is 1.56 bits per heavy atom. The third kappa shape index (κ3) is 4.53. The molecular formula is C11H20N4O. The first-order chi connectivity index (χ1) is 7.61. The quantitative estimate of drug-likeness (QED) is 0.739. The van der Waals surface area contributed by atoms with Crippen molar-refractivity contribution in [2.75, 3.05) is 6.54 Å². The lowest BCUT2D eigenvalue weighted by atomic mass is 9.99. The van der Waals surface area contributed by atoms with Crippen LogP contribution < -0.4 is 5.73 Å². The van der Waals surface area contributed by atoms with E-state index >= 15 is 0 Å². The van der Waals surface area contributed by atoms with Gasteiger partial charge in [-0.25, -0.2) is 0 Å². The zero-order chi connectivity index (χ0) is 12.0. The van der Waals surface area contributed by atoms with E-state index in [0.29, 0.717) is 25.3 Å². The summed E-state index contributed by atoms with van der Waals surface area (Å²) in [7, 11) is 1.80. The highest BCUT2D eigenvalue weighted by atomic mass is 16.1. The zero-order valence-electron chi connectivity index (χ0n) is 10.0. The van der Waals surface area contributed by atoms with Gasteiger partial charge in [-0.15, -0.1) is 5.10 Å². The Morgan fingerprint density at radius 2 is 2.31 bits per heavy atom. The van der Waals surface area contributed by atoms with Crippen LogP contribution in [-0.2, 0) is 18.3 Å². The van der Waals surface area contributed by atoms with E-state index in [1.807, 2.05) is 0 Å². The molecule has 0 bridgehead atoms. The van der Waals surface area contributed by atoms with Crippen molar-refractivity contribution in [1.29, 1.82) is 0 Å². The summed E-state index contributed by atoms with van der Waals surface area (Å²) >= 11 is 0. The summed E-state index contributed by atoms with van der Waals surface area (Å²) in [4.78, 5) is 11.6. The number of ketones is 1. The van der Waals surface area contributed by atoms with Crippen LogP contribution in [0.5, 0.6) is 0 Å². The average Bonchev–Trinajstić information content (AvgIpc) is 2.61. The molecule has 16 heavy (non-hydrogen) atoms. The molecule has 1 aromatic rings. The molecule has 0 amide bonds. The number of nitrogens with zero attached hydrogens (tertiary/aromatic N) is 3. The predicted molar refractivity (Wildman–Crippen MR) is 61.8 cm³/mol. The van der Waals surface area contributed by atoms with E-state index < -0.39 is 0 Å². The molecule has 0 saturated heterocycles. The molecule has 5 nitrogen and oxygen atoms in total. The molecule has 1 unspecified atom stereocenters. The van der Waals surface area contributed by atoms with Gasteiger partial charge in [0, 0.05) is 19.7 Å². The van der Waals surface area contributed by atoms with Crippen LogP contribution in [0, 0.1) is 5.92 Å². The number of carbonyl (C=O) groups is 1. The number of aryl methyl sites for hydroxylation is 1. The van der Waals surface area contributed by atoms with Crippen molar-refractivity contribution < 1.29 is 4.79 Å². The van der Waals surface area contributed by atoms with Crippen LogP contribution in [0.25, 0.3) is 0 Å². The Labute approximate surface area is 96.0 Å². The lowest BCUT2D eigenvalue weighted by Gasteiger charge is -2.07. The number of hydrogen-bond acceptors (Lipinski definition) is 4. The first kappa shape index (κ1) is 12.8. The molecule has 5 heteroatoms. The van der Waals surface area contributed by atoms with E-state index in [2.05, 4.69) is 17.2 Å². The Bertz CT molecular complexity index is 334. The van der Waals surface area contributed by atoms with Crippen molar-refractivity contribution in [1.82, 2.24) is 15.0 Å². The van der Waals surface area contributed by atoms with E-state index in [-0.39, 0.29) is 5.78 Å². The molecule has 0 spiro atoms. The first-order valence-electron chi connectivity index (χ1n) is 5.68. The summed E-state index contributed by atoms with van der Waals surface area (Å²) in [5.41, 5.74) is 6.21. The molecule has 0 aliphatic rings. The van der Waals surface area contributed by atoms with E-state index in [1.54, 1.807) is 17.9 Å². The van der Waals surface area contributed by atoms with Gasteiger partial charge in [-0.3, -0.25) is 9.48 Å². The largest absolute Gasteiger partial charge is 0.330 e. The molecule has 1 rings (SSSR count). The fourth-order valence-corrected chi connectivity index (χ4v) is 1.60. The van der Waals surface area contributed by atoms with Gasteiger partial charge in [0.25, 0.3) is 0 Å². The second-order valence-corrected chi connectivity index (χ2v) is 4.32. The Kier molecular flexibility index (Phi) is 5.11. The predicted octanol–water partition coefficient (Wildman–Crippen LogP) is 0.692. The van der Waals surface area contributed by atoms with Gasteiger partial charge in [0.05, 0.1) is 12.1 Å². The minimum absolute atomic E-state index is 0.226. The fraction of sp³-hybridized carbons (Fsp3) is 0.727. The highest BCUT2D eigenvalue weighted by Gasteiger charge is 2.09. The van der Waals surface area contributed by atoms with Gasteiger partial charge in [-0.05, 0) is 25.3 Å². The smallest absolute Gasteiger partial charge is 0.138 e. The summed E-state index contributed by atoms with van der Waals surface area (Å²) in [6.45, 7) is 2.82. The topological polar surface area (TPSA) is 73.8 Å². The van der Waals surface area contributed by atoms with Crippen molar-refractivity contribution >= 4 is 5.78 Å². The molecular weight excluding hydrogens is 204 g/mol. The number of aromatic nitrogens is 3. The Morgan fingerprint density at radius 3 is 2.88 bits per heavy atom. The number of carbonyl (C=O) groups excluding carboxylic acids is 1. The minimum atomic E-state index is 0.226. The van der Waals surface area contributed by atoms with Crippen LogP contribution in [0.3, 0.4) is 0 Å². The van der Waals surface area contributed by atoms with Gasteiger partial charge in [0.1, 0.15) is 5.78 Å². The molecule has 0 fully saturated rings. The van der Waals surface area contributed by atoms with Gasteiger partial charge in [0.15, 0.2) is 0 Å². The third-order valence-corrected chi connectivity index (χ3v) is 2.60. The first-order valence-corrected chi connectivity index (χ1v) is 5.68. The number of Topliss-reactive ketones (excluding diaryl/α,β-unsaturated/α-hetero) is 1. The summed E-state index contributed by atoms with van der Waals surface area (Å²) in [5.74, 6) is 0.750. The van der Waals surface area contributed by atoms with Gasteiger partial charge in [-0.1, -0.05) is 12.1 Å². The summed E-state index contributed by atoms with van der Waals surface area (Å²) in [6.07, 6.45) is 4.68. The van der Waals surface area contributed by atoms with Crippen molar-refractivity contribution in [3.05, 3.63) is 11.9 Å². The SMILES string of the molecule is CC(CCN)CCC(=O)Cc1cn(C)nn1. The molecule has 0 aromatic carbocycles. The van der Waals surface area contributed by atoms with Crippen LogP contribution in [0.1, 0.15) is 31.9 Å².